The summed E-state index contributed by atoms with van der Waals surface area (Å²) in [7, 11) is 14.8. The fourth-order valence-corrected chi connectivity index (χ4v) is 0. The maximum atomic E-state index is 4.95. The van der Waals surface area contributed by atoms with Gasteiger partial charge in [0.1, 0.15) is 0 Å². The standard InChI is InChI=1S/3ClH.K.Ru/h3*1H;;/q;;;;+3/p-3. The van der Waals surface area contributed by atoms with Crippen molar-refractivity contribution < 1.29 is 13.0 Å². The first kappa shape index (κ1) is 11.0. The second-order valence-corrected chi connectivity index (χ2v) is 8.07. The van der Waals surface area contributed by atoms with E-state index in [1.807, 2.05) is 0 Å². The van der Waals surface area contributed by atoms with Crippen molar-refractivity contribution in [1.29, 1.82) is 0 Å². The van der Waals surface area contributed by atoms with Gasteiger partial charge in [-0.2, -0.15) is 0 Å². The van der Waals surface area contributed by atoms with Gasteiger partial charge < -0.3 is 0 Å². The van der Waals surface area contributed by atoms with Crippen LogP contribution in [-0.2, 0) is 13.0 Å². The largest absolute Gasteiger partial charge is 0 e. The zero-order chi connectivity index (χ0) is 3.58. The summed E-state index contributed by atoms with van der Waals surface area (Å²) in [5.74, 6) is 0. The Labute approximate surface area is 91.0 Å². The molecule has 0 nitrogen and oxygen atoms in total. The molecular formula is Cl3KRu. The van der Waals surface area contributed by atoms with Gasteiger partial charge in [0.15, 0.2) is 0 Å². The molecule has 30 valence electrons. The molecular weight excluding hydrogens is 247 g/mol. The molecule has 0 aromatic heterocycles. The van der Waals surface area contributed by atoms with E-state index in [0.717, 1.165) is 0 Å². The van der Waals surface area contributed by atoms with Gasteiger partial charge in [-0.3, -0.25) is 0 Å². The van der Waals surface area contributed by atoms with Gasteiger partial charge in [0.25, 0.3) is 0 Å². The summed E-state index contributed by atoms with van der Waals surface area (Å²) in [6, 6.07) is 0. The van der Waals surface area contributed by atoms with Gasteiger partial charge in [0.05, 0.1) is 0 Å². The van der Waals surface area contributed by atoms with Gasteiger partial charge in [-0.25, -0.2) is 0 Å². The van der Waals surface area contributed by atoms with Gasteiger partial charge in [-0.15, -0.1) is 0 Å². The van der Waals surface area contributed by atoms with Gasteiger partial charge in [0, 0.05) is 51.4 Å². The third-order valence-electron chi connectivity index (χ3n) is 0. The van der Waals surface area contributed by atoms with E-state index in [1.165, 1.54) is 0 Å². The molecule has 0 spiro atoms. The zero-order valence-electron chi connectivity index (χ0n) is 2.49. The Hall–Kier alpha value is 3.13. The quantitative estimate of drug-likeness (QED) is 0.571. The molecule has 0 aliphatic rings. The molecule has 5 heteroatoms. The first-order valence-corrected chi connectivity index (χ1v) is 7.12. The molecule has 0 fully saturated rings. The Bertz CT molecular complexity index is 11.6. The summed E-state index contributed by atoms with van der Waals surface area (Å²) < 4.78 is 0. The SMILES string of the molecule is [Cl][Ru]([Cl])[Cl].[K]. The van der Waals surface area contributed by atoms with Crippen LogP contribution >= 0.6 is 29.1 Å². The van der Waals surface area contributed by atoms with E-state index in [0.29, 0.717) is 0 Å². The molecule has 5 heavy (non-hydrogen) atoms. The zero-order valence-corrected chi connectivity index (χ0v) is 9.62. The minimum atomic E-state index is -1.75. The van der Waals surface area contributed by atoms with Crippen LogP contribution in [0.1, 0.15) is 0 Å². The van der Waals surface area contributed by atoms with E-state index in [9.17, 15) is 0 Å². The molecule has 0 unspecified atom stereocenters. The van der Waals surface area contributed by atoms with Crippen molar-refractivity contribution in [2.75, 3.05) is 0 Å². The molecule has 0 saturated heterocycles. The maximum Gasteiger partial charge on any atom is 0 e. The van der Waals surface area contributed by atoms with E-state index in [1.54, 1.807) is 0 Å². The molecule has 0 aliphatic carbocycles. The summed E-state index contributed by atoms with van der Waals surface area (Å²) in [4.78, 5) is 0. The first-order valence-electron chi connectivity index (χ1n) is 0.401. The topological polar surface area (TPSA) is 0 Å². The van der Waals surface area contributed by atoms with Crippen LogP contribution in [0.5, 0.6) is 0 Å². The minimum Gasteiger partial charge on any atom is 0 e. The molecule has 0 rings (SSSR count). The van der Waals surface area contributed by atoms with Crippen molar-refractivity contribution in [3.8, 4) is 0 Å². The van der Waals surface area contributed by atoms with Crippen molar-refractivity contribution in [2.45, 2.75) is 0 Å². The summed E-state index contributed by atoms with van der Waals surface area (Å²) in [6.45, 7) is 0. The van der Waals surface area contributed by atoms with Crippen LogP contribution in [0.4, 0.5) is 0 Å². The second kappa shape index (κ2) is 7.13. The van der Waals surface area contributed by atoms with Crippen LogP contribution in [0.3, 0.4) is 0 Å². The fourth-order valence-electron chi connectivity index (χ4n) is 0. The third kappa shape index (κ3) is 19.2. The molecule has 0 saturated carbocycles. The van der Waals surface area contributed by atoms with Crippen LogP contribution in [0, 0.1) is 0 Å². The number of halogens is 3. The van der Waals surface area contributed by atoms with E-state index in [-0.39, 0.29) is 51.4 Å². The smallest absolute Gasteiger partial charge is 0 e. The second-order valence-electron chi connectivity index (χ2n) is 0.152. The van der Waals surface area contributed by atoms with Crippen LogP contribution in [0.25, 0.3) is 0 Å². The Morgan fingerprint density at radius 3 is 1.00 bits per heavy atom. The Morgan fingerprint density at radius 1 is 1.00 bits per heavy atom. The van der Waals surface area contributed by atoms with Crippen molar-refractivity contribution in [3.05, 3.63) is 0 Å². The Balaban J connectivity index is 0. The summed E-state index contributed by atoms with van der Waals surface area (Å²) in [6.07, 6.45) is 0. The number of rotatable bonds is 0. The Morgan fingerprint density at radius 2 is 1.00 bits per heavy atom. The number of hydrogen-bond donors (Lipinski definition) is 0. The maximum absolute atomic E-state index is 4.95. The molecule has 1 radical (unpaired) electrons. The molecule has 0 N–H and O–H groups in total. The average Bonchev–Trinajstić information content (AvgIpc) is 0.811. The molecule has 0 aromatic rings. The van der Waals surface area contributed by atoms with E-state index >= 15 is 0 Å². The minimum absolute atomic E-state index is 0. The molecule has 0 heterocycles. The molecule has 0 atom stereocenters. The number of hydrogen-bond acceptors (Lipinski definition) is 0. The predicted octanol–water partition coefficient (Wildman–Crippen LogP) is 1.69. The van der Waals surface area contributed by atoms with Crippen LogP contribution < -0.4 is 0 Å². The van der Waals surface area contributed by atoms with Crippen LogP contribution in [0.15, 0.2) is 0 Å². The van der Waals surface area contributed by atoms with Crippen LogP contribution in [-0.4, -0.2) is 51.4 Å². The normalized spacial score (nSPS) is 9.00. The van der Waals surface area contributed by atoms with Crippen molar-refractivity contribution in [1.82, 2.24) is 0 Å². The van der Waals surface area contributed by atoms with E-state index in [2.05, 4.69) is 0 Å². The van der Waals surface area contributed by atoms with Gasteiger partial charge >= 0.3 is 42.1 Å². The van der Waals surface area contributed by atoms with Gasteiger partial charge in [0.2, 0.25) is 0 Å². The monoisotopic (exact) mass is 246 g/mol. The third-order valence-corrected chi connectivity index (χ3v) is 0. The fraction of sp³-hybridized carbons (Fsp3) is 0. The molecule has 0 amide bonds. The predicted molar refractivity (Wildman–Crippen MR) is 23.3 cm³/mol. The summed E-state index contributed by atoms with van der Waals surface area (Å²) in [5, 5.41) is 0. The van der Waals surface area contributed by atoms with Gasteiger partial charge in [-0.1, -0.05) is 0 Å². The molecule has 0 aliphatic heterocycles. The van der Waals surface area contributed by atoms with Crippen LogP contribution in [0.2, 0.25) is 0 Å². The van der Waals surface area contributed by atoms with Crippen molar-refractivity contribution in [3.63, 3.8) is 0 Å². The van der Waals surface area contributed by atoms with Gasteiger partial charge in [-0.05, 0) is 0 Å². The first-order chi connectivity index (χ1) is 1.73. The Kier molecular flexibility index (Phi) is 15.7. The summed E-state index contributed by atoms with van der Waals surface area (Å²) >= 11 is -1.75. The molecule has 0 aromatic carbocycles. The average molecular weight is 247 g/mol. The van der Waals surface area contributed by atoms with E-state index < -0.39 is 13.0 Å². The van der Waals surface area contributed by atoms with E-state index in [4.69, 9.17) is 29.1 Å². The van der Waals surface area contributed by atoms with Crippen molar-refractivity contribution in [2.24, 2.45) is 0 Å². The summed E-state index contributed by atoms with van der Waals surface area (Å²) in [5.41, 5.74) is 0. The molecule has 0 bridgehead atoms. The van der Waals surface area contributed by atoms with Crippen molar-refractivity contribution >= 4 is 80.5 Å².